The first-order chi connectivity index (χ1) is 9.79. The fourth-order valence-corrected chi connectivity index (χ4v) is 2.30. The van der Waals surface area contributed by atoms with Crippen LogP contribution in [0.4, 0.5) is 4.79 Å². The molecule has 120 valence electrons. The predicted octanol–water partition coefficient (Wildman–Crippen LogP) is 0.513. The van der Waals surface area contributed by atoms with Gasteiger partial charge < -0.3 is 25.2 Å². The number of carbonyl (C=O) groups excluding carboxylic acids is 1. The molecule has 2 amide bonds. The molecule has 1 saturated heterocycles. The van der Waals surface area contributed by atoms with Crippen LogP contribution in [-0.2, 0) is 14.3 Å². The Morgan fingerprint density at radius 3 is 2.29 bits per heavy atom. The van der Waals surface area contributed by atoms with E-state index in [2.05, 4.69) is 5.32 Å². The number of carboxylic acid groups (broad SMARTS) is 2. The van der Waals surface area contributed by atoms with Gasteiger partial charge in [0.05, 0.1) is 12.2 Å². The van der Waals surface area contributed by atoms with Crippen molar-refractivity contribution in [2.75, 3.05) is 13.1 Å². The molecule has 0 radical (unpaired) electrons. The van der Waals surface area contributed by atoms with Crippen molar-refractivity contribution in [1.29, 1.82) is 0 Å². The van der Waals surface area contributed by atoms with Crippen LogP contribution in [0.3, 0.4) is 0 Å². The van der Waals surface area contributed by atoms with Crippen molar-refractivity contribution in [3.63, 3.8) is 0 Å². The maximum Gasteiger partial charge on any atom is 0.326 e. The van der Waals surface area contributed by atoms with Crippen LogP contribution in [0.15, 0.2) is 0 Å². The molecular weight excluding hydrogens is 280 g/mol. The Balaban J connectivity index is 2.51. The van der Waals surface area contributed by atoms with Gasteiger partial charge in [-0.2, -0.15) is 0 Å². The van der Waals surface area contributed by atoms with Crippen LogP contribution in [0.1, 0.15) is 33.1 Å². The van der Waals surface area contributed by atoms with E-state index in [9.17, 15) is 14.4 Å². The molecule has 1 heterocycles. The highest BCUT2D eigenvalue weighted by Gasteiger charge is 2.28. The number of morpholine rings is 1. The Hall–Kier alpha value is -1.83. The number of ether oxygens (including phenoxy) is 1. The van der Waals surface area contributed by atoms with Gasteiger partial charge in [0.1, 0.15) is 6.04 Å². The Kier molecular flexibility index (Phi) is 6.41. The van der Waals surface area contributed by atoms with Crippen molar-refractivity contribution in [3.8, 4) is 0 Å². The van der Waals surface area contributed by atoms with Crippen LogP contribution in [0.2, 0.25) is 0 Å². The van der Waals surface area contributed by atoms with Crippen LogP contribution in [0, 0.1) is 0 Å². The van der Waals surface area contributed by atoms with Crippen molar-refractivity contribution >= 4 is 18.0 Å². The maximum absolute atomic E-state index is 12.1. The SMILES string of the molecule is C[C@@H]1CN(C(=O)N[C@H](CCCC(=O)O)C(=O)O)C[C@H](C)O1. The number of carboxylic acids is 2. The summed E-state index contributed by atoms with van der Waals surface area (Å²) in [5.41, 5.74) is 0. The van der Waals surface area contributed by atoms with Crippen LogP contribution in [-0.4, -0.2) is 64.4 Å². The maximum atomic E-state index is 12.1. The average Bonchev–Trinajstić information content (AvgIpc) is 2.35. The molecule has 0 saturated carbocycles. The number of urea groups is 1. The van der Waals surface area contributed by atoms with Gasteiger partial charge >= 0.3 is 18.0 Å². The Bertz CT molecular complexity index is 390. The van der Waals surface area contributed by atoms with Crippen molar-refractivity contribution in [2.45, 2.75) is 51.4 Å². The van der Waals surface area contributed by atoms with E-state index in [4.69, 9.17) is 14.9 Å². The van der Waals surface area contributed by atoms with Gasteiger partial charge in [-0.15, -0.1) is 0 Å². The number of amides is 2. The van der Waals surface area contributed by atoms with Crippen LogP contribution < -0.4 is 5.32 Å². The first-order valence-corrected chi connectivity index (χ1v) is 6.95. The molecule has 3 N–H and O–H groups in total. The first kappa shape index (κ1) is 17.2. The molecule has 0 bridgehead atoms. The molecule has 1 aliphatic heterocycles. The van der Waals surface area contributed by atoms with Crippen LogP contribution >= 0.6 is 0 Å². The van der Waals surface area contributed by atoms with Crippen LogP contribution in [0.25, 0.3) is 0 Å². The molecule has 8 nitrogen and oxygen atoms in total. The lowest BCUT2D eigenvalue weighted by atomic mass is 10.1. The van der Waals surface area contributed by atoms with Gasteiger partial charge in [-0.3, -0.25) is 4.79 Å². The second-order valence-corrected chi connectivity index (χ2v) is 5.29. The largest absolute Gasteiger partial charge is 0.481 e. The molecule has 0 aromatic rings. The lowest BCUT2D eigenvalue weighted by molar-refractivity contribution is -0.141. The molecular formula is C13H22N2O6. The quantitative estimate of drug-likeness (QED) is 0.658. The average molecular weight is 302 g/mol. The lowest BCUT2D eigenvalue weighted by Crippen LogP contribution is -2.54. The van der Waals surface area contributed by atoms with E-state index in [1.165, 1.54) is 4.90 Å². The Morgan fingerprint density at radius 2 is 1.81 bits per heavy atom. The van der Waals surface area contributed by atoms with Crippen molar-refractivity contribution in [3.05, 3.63) is 0 Å². The summed E-state index contributed by atoms with van der Waals surface area (Å²) in [7, 11) is 0. The second kappa shape index (κ2) is 7.82. The minimum absolute atomic E-state index is 0.0861. The third kappa shape index (κ3) is 5.99. The van der Waals surface area contributed by atoms with E-state index in [0.29, 0.717) is 13.1 Å². The second-order valence-electron chi connectivity index (χ2n) is 5.29. The summed E-state index contributed by atoms with van der Waals surface area (Å²) in [4.78, 5) is 35.2. The number of hydrogen-bond donors (Lipinski definition) is 3. The van der Waals surface area contributed by atoms with Gasteiger partial charge in [0.15, 0.2) is 0 Å². The lowest BCUT2D eigenvalue weighted by Gasteiger charge is -2.35. The fourth-order valence-electron chi connectivity index (χ4n) is 2.30. The summed E-state index contributed by atoms with van der Waals surface area (Å²) in [6, 6.07) is -1.54. The highest BCUT2D eigenvalue weighted by molar-refractivity contribution is 5.82. The Labute approximate surface area is 123 Å². The van der Waals surface area contributed by atoms with Gasteiger partial charge in [0.2, 0.25) is 0 Å². The highest BCUT2D eigenvalue weighted by Crippen LogP contribution is 2.11. The molecule has 8 heteroatoms. The van der Waals surface area contributed by atoms with E-state index < -0.39 is 24.0 Å². The molecule has 0 aliphatic carbocycles. The molecule has 0 unspecified atom stereocenters. The standard InChI is InChI=1S/C13H22N2O6/c1-8-6-15(7-9(2)21-8)13(20)14-10(12(18)19)4-3-5-11(16)17/h8-10H,3-7H2,1-2H3,(H,14,20)(H,16,17)(H,18,19)/t8-,9+,10-/m1/s1. The predicted molar refractivity (Wildman–Crippen MR) is 73.0 cm³/mol. The molecule has 21 heavy (non-hydrogen) atoms. The summed E-state index contributed by atoms with van der Waals surface area (Å²) in [5.74, 6) is -2.15. The number of nitrogens with zero attached hydrogens (tertiary/aromatic N) is 1. The van der Waals surface area contributed by atoms with Gasteiger partial charge in [-0.25, -0.2) is 9.59 Å². The third-order valence-electron chi connectivity index (χ3n) is 3.19. The molecule has 0 aromatic heterocycles. The van der Waals surface area contributed by atoms with E-state index in [-0.39, 0.29) is 31.5 Å². The minimum Gasteiger partial charge on any atom is -0.481 e. The molecule has 3 atom stereocenters. The normalized spacial score (nSPS) is 23.4. The summed E-state index contributed by atoms with van der Waals surface area (Å²) >= 11 is 0. The third-order valence-corrected chi connectivity index (χ3v) is 3.19. The molecule has 1 aliphatic rings. The number of aliphatic carboxylic acids is 2. The van der Waals surface area contributed by atoms with E-state index in [0.717, 1.165) is 0 Å². The van der Waals surface area contributed by atoms with Gasteiger partial charge in [-0.1, -0.05) is 0 Å². The topological polar surface area (TPSA) is 116 Å². The molecule has 1 fully saturated rings. The number of rotatable bonds is 6. The van der Waals surface area contributed by atoms with E-state index in [1.54, 1.807) is 0 Å². The zero-order valence-corrected chi connectivity index (χ0v) is 12.2. The van der Waals surface area contributed by atoms with Gasteiger partial charge in [0.25, 0.3) is 0 Å². The summed E-state index contributed by atoms with van der Waals surface area (Å²) in [6.45, 7) is 4.49. The van der Waals surface area contributed by atoms with Gasteiger partial charge in [0, 0.05) is 19.5 Å². The Morgan fingerprint density at radius 1 is 1.24 bits per heavy atom. The monoisotopic (exact) mass is 302 g/mol. The number of nitrogens with one attached hydrogen (secondary N) is 1. The highest BCUT2D eigenvalue weighted by atomic mass is 16.5. The van der Waals surface area contributed by atoms with E-state index >= 15 is 0 Å². The van der Waals surface area contributed by atoms with Crippen molar-refractivity contribution in [1.82, 2.24) is 10.2 Å². The van der Waals surface area contributed by atoms with Crippen LogP contribution in [0.5, 0.6) is 0 Å². The number of carbonyl (C=O) groups is 3. The molecule has 0 spiro atoms. The molecule has 1 rings (SSSR count). The fraction of sp³-hybridized carbons (Fsp3) is 0.769. The van der Waals surface area contributed by atoms with Crippen molar-refractivity contribution in [2.24, 2.45) is 0 Å². The minimum atomic E-state index is -1.16. The zero-order valence-electron chi connectivity index (χ0n) is 12.2. The van der Waals surface area contributed by atoms with Crippen molar-refractivity contribution < 1.29 is 29.3 Å². The zero-order chi connectivity index (χ0) is 16.0. The van der Waals surface area contributed by atoms with E-state index in [1.807, 2.05) is 13.8 Å². The molecule has 0 aromatic carbocycles. The first-order valence-electron chi connectivity index (χ1n) is 6.95. The number of hydrogen-bond acceptors (Lipinski definition) is 4. The van der Waals surface area contributed by atoms with Gasteiger partial charge in [-0.05, 0) is 26.7 Å². The summed E-state index contributed by atoms with van der Waals surface area (Å²) in [5, 5.41) is 20.1. The smallest absolute Gasteiger partial charge is 0.326 e. The summed E-state index contributed by atoms with van der Waals surface area (Å²) in [6.07, 6.45) is -0.0408. The summed E-state index contributed by atoms with van der Waals surface area (Å²) < 4.78 is 5.51.